The van der Waals surface area contributed by atoms with E-state index in [1.165, 1.54) is 11.8 Å². The first-order chi connectivity index (χ1) is 8.88. The van der Waals surface area contributed by atoms with Crippen molar-refractivity contribution in [3.63, 3.8) is 0 Å². The largest absolute Gasteiger partial charge is 0.416 e. The molecule has 0 fully saturated rings. The highest BCUT2D eigenvalue weighted by atomic mass is 35.5. The maximum atomic E-state index is 12.6. The molecule has 0 aromatic heterocycles. The van der Waals surface area contributed by atoms with Crippen molar-refractivity contribution >= 4 is 34.2 Å². The lowest BCUT2D eigenvalue weighted by Crippen LogP contribution is -2.30. The third-order valence-electron chi connectivity index (χ3n) is 2.27. The second-order valence-corrected chi connectivity index (χ2v) is 5.10. The molecular weight excluding hydrogens is 303 g/mol. The molecule has 0 saturated carbocycles. The quantitative estimate of drug-likeness (QED) is 0.821. The summed E-state index contributed by atoms with van der Waals surface area (Å²) in [4.78, 5) is 3.96. The lowest BCUT2D eigenvalue weighted by molar-refractivity contribution is -0.137. The molecule has 0 radical (unpaired) electrons. The number of nitrogens with one attached hydrogen (secondary N) is 1. The van der Waals surface area contributed by atoms with E-state index in [1.807, 2.05) is 0 Å². The van der Waals surface area contributed by atoms with Gasteiger partial charge in [0.2, 0.25) is 5.17 Å². The zero-order valence-corrected chi connectivity index (χ0v) is 11.0. The molecule has 0 amide bonds. The van der Waals surface area contributed by atoms with Gasteiger partial charge >= 0.3 is 6.18 Å². The number of hydrogen-bond acceptors (Lipinski definition) is 5. The monoisotopic (exact) mass is 311 g/mol. The van der Waals surface area contributed by atoms with E-state index < -0.39 is 11.7 Å². The molecule has 2 N–H and O–H groups in total. The molecule has 1 heterocycles. The summed E-state index contributed by atoms with van der Waals surface area (Å²) in [7, 11) is 0. The molecule has 0 unspecified atom stereocenters. The van der Waals surface area contributed by atoms with Crippen molar-refractivity contribution in [3.8, 4) is 0 Å². The second kappa shape index (κ2) is 5.48. The Morgan fingerprint density at radius 2 is 2.16 bits per heavy atom. The number of aliphatic imine (C=N–C) groups is 1. The molecule has 0 saturated heterocycles. The van der Waals surface area contributed by atoms with Crippen molar-refractivity contribution in [2.24, 2.45) is 4.99 Å². The Kier molecular flexibility index (Phi) is 4.12. The van der Waals surface area contributed by atoms with Crippen molar-refractivity contribution in [2.45, 2.75) is 6.18 Å². The first-order valence-corrected chi connectivity index (χ1v) is 6.54. The van der Waals surface area contributed by atoms with E-state index in [0.29, 0.717) is 17.5 Å². The molecule has 9 heteroatoms. The highest BCUT2D eigenvalue weighted by Crippen LogP contribution is 2.34. The number of benzene rings is 1. The first kappa shape index (κ1) is 14.3. The smallest absolute Gasteiger partial charge is 0.271 e. The van der Waals surface area contributed by atoms with Gasteiger partial charge in [-0.15, -0.1) is 5.17 Å². The maximum Gasteiger partial charge on any atom is 0.416 e. The van der Waals surface area contributed by atoms with Crippen LogP contribution in [0.5, 0.6) is 0 Å². The number of hydrazine groups is 1. The van der Waals surface area contributed by atoms with Crippen molar-refractivity contribution in [1.29, 1.82) is 0 Å². The molecule has 1 aliphatic rings. The SMILES string of the molecule is ON(Nc1cc(C(F)(F)F)ccc1Cl)C1=NCCS1. The summed E-state index contributed by atoms with van der Waals surface area (Å²) >= 11 is 7.07. The van der Waals surface area contributed by atoms with Crippen LogP contribution >= 0.6 is 23.4 Å². The fraction of sp³-hybridized carbons (Fsp3) is 0.300. The van der Waals surface area contributed by atoms with Crippen LogP contribution in [-0.4, -0.2) is 27.8 Å². The number of nitrogens with zero attached hydrogens (tertiary/aromatic N) is 2. The average molecular weight is 312 g/mol. The lowest BCUT2D eigenvalue weighted by atomic mass is 10.2. The molecule has 0 atom stereocenters. The maximum absolute atomic E-state index is 12.6. The summed E-state index contributed by atoms with van der Waals surface area (Å²) in [6.07, 6.45) is -4.47. The van der Waals surface area contributed by atoms with Gasteiger partial charge in [0, 0.05) is 5.75 Å². The van der Waals surface area contributed by atoms with E-state index in [-0.39, 0.29) is 15.9 Å². The molecule has 19 heavy (non-hydrogen) atoms. The van der Waals surface area contributed by atoms with Crippen LogP contribution in [0.15, 0.2) is 23.2 Å². The topological polar surface area (TPSA) is 47.9 Å². The molecule has 1 aliphatic heterocycles. The van der Waals surface area contributed by atoms with Gasteiger partial charge in [0.25, 0.3) is 0 Å². The van der Waals surface area contributed by atoms with E-state index in [9.17, 15) is 18.4 Å². The normalized spacial score (nSPS) is 15.3. The van der Waals surface area contributed by atoms with Crippen molar-refractivity contribution in [1.82, 2.24) is 5.17 Å². The van der Waals surface area contributed by atoms with E-state index in [0.717, 1.165) is 18.2 Å². The summed E-state index contributed by atoms with van der Waals surface area (Å²) in [5.41, 5.74) is 1.47. The third kappa shape index (κ3) is 3.46. The number of thioether (sulfide) groups is 1. The minimum atomic E-state index is -4.47. The Labute approximate surface area is 116 Å². The molecule has 104 valence electrons. The van der Waals surface area contributed by atoms with Gasteiger partial charge < -0.3 is 0 Å². The van der Waals surface area contributed by atoms with Crippen molar-refractivity contribution in [3.05, 3.63) is 28.8 Å². The molecular formula is C10H9ClF3N3OS. The lowest BCUT2D eigenvalue weighted by Gasteiger charge is -2.19. The third-order valence-corrected chi connectivity index (χ3v) is 3.55. The molecule has 0 bridgehead atoms. The van der Waals surface area contributed by atoms with Crippen LogP contribution < -0.4 is 5.43 Å². The van der Waals surface area contributed by atoms with Gasteiger partial charge in [-0.25, -0.2) is 0 Å². The Balaban J connectivity index is 2.19. The second-order valence-electron chi connectivity index (χ2n) is 3.63. The number of rotatable bonds is 2. The fourth-order valence-corrected chi connectivity index (χ4v) is 2.28. The van der Waals surface area contributed by atoms with Crippen LogP contribution in [0.25, 0.3) is 0 Å². The van der Waals surface area contributed by atoms with Crippen LogP contribution in [0.3, 0.4) is 0 Å². The number of hydrogen-bond donors (Lipinski definition) is 2. The predicted molar refractivity (Wildman–Crippen MR) is 68.5 cm³/mol. The van der Waals surface area contributed by atoms with Gasteiger partial charge in [-0.05, 0) is 18.2 Å². The highest BCUT2D eigenvalue weighted by molar-refractivity contribution is 8.14. The van der Waals surface area contributed by atoms with Crippen LogP contribution in [-0.2, 0) is 6.18 Å². The summed E-state index contributed by atoms with van der Waals surface area (Å²) in [6, 6.07) is 2.81. The Bertz CT molecular complexity index is 509. The van der Waals surface area contributed by atoms with Crippen LogP contribution in [0.1, 0.15) is 5.56 Å². The average Bonchev–Trinajstić information content (AvgIpc) is 2.84. The van der Waals surface area contributed by atoms with Gasteiger partial charge in [0.05, 0.1) is 22.8 Å². The number of alkyl halides is 3. The van der Waals surface area contributed by atoms with Gasteiger partial charge in [0.15, 0.2) is 0 Å². The zero-order valence-electron chi connectivity index (χ0n) is 9.41. The highest BCUT2D eigenvalue weighted by Gasteiger charge is 2.31. The van der Waals surface area contributed by atoms with Crippen LogP contribution in [0.4, 0.5) is 18.9 Å². The van der Waals surface area contributed by atoms with E-state index in [2.05, 4.69) is 10.4 Å². The van der Waals surface area contributed by atoms with Crippen LogP contribution in [0.2, 0.25) is 5.02 Å². The minimum absolute atomic E-state index is 0.0470. The molecule has 0 spiro atoms. The standard InChI is InChI=1S/C10H9ClF3N3OS/c11-7-2-1-6(10(12,13)14)5-8(7)16-17(18)9-15-3-4-19-9/h1-2,5,16,18H,3-4H2. The summed E-state index contributed by atoms with van der Waals surface area (Å²) in [5.74, 6) is 0.713. The zero-order chi connectivity index (χ0) is 14.0. The van der Waals surface area contributed by atoms with Gasteiger partial charge in [-0.1, -0.05) is 23.4 Å². The van der Waals surface area contributed by atoms with E-state index in [4.69, 9.17) is 11.6 Å². The van der Waals surface area contributed by atoms with E-state index in [1.54, 1.807) is 0 Å². The van der Waals surface area contributed by atoms with Gasteiger partial charge in [-0.2, -0.15) is 13.2 Å². The Morgan fingerprint density at radius 3 is 2.74 bits per heavy atom. The molecule has 4 nitrogen and oxygen atoms in total. The summed E-state index contributed by atoms with van der Waals surface area (Å²) in [5, 5.41) is 10.6. The van der Waals surface area contributed by atoms with Gasteiger partial charge in [0.1, 0.15) is 0 Å². The molecule has 0 aliphatic carbocycles. The molecule has 1 aromatic rings. The summed E-state index contributed by atoms with van der Waals surface area (Å²) < 4.78 is 37.7. The fourth-order valence-electron chi connectivity index (χ4n) is 1.40. The van der Waals surface area contributed by atoms with Crippen molar-refractivity contribution < 1.29 is 18.4 Å². The first-order valence-electron chi connectivity index (χ1n) is 5.17. The van der Waals surface area contributed by atoms with Crippen molar-refractivity contribution in [2.75, 3.05) is 17.7 Å². The minimum Gasteiger partial charge on any atom is -0.271 e. The molecule has 2 rings (SSSR count). The number of hydroxylamine groups is 1. The number of anilines is 1. The van der Waals surface area contributed by atoms with Gasteiger partial charge in [-0.3, -0.25) is 15.6 Å². The number of halogens is 4. The Hall–Kier alpha value is -1.12. The molecule has 1 aromatic carbocycles. The number of amidine groups is 1. The summed E-state index contributed by atoms with van der Waals surface area (Å²) in [6.45, 7) is 0.551. The Morgan fingerprint density at radius 1 is 1.42 bits per heavy atom. The van der Waals surface area contributed by atoms with E-state index >= 15 is 0 Å². The predicted octanol–water partition coefficient (Wildman–Crippen LogP) is 3.48. The van der Waals surface area contributed by atoms with Crippen LogP contribution in [0, 0.1) is 0 Å².